The quantitative estimate of drug-likeness (QED) is 0.518. The molecule has 0 aromatic heterocycles. The molecule has 0 saturated carbocycles. The minimum atomic E-state index is -0.0116. The minimum Gasteiger partial charge on any atom is -0.465 e. The van der Waals surface area contributed by atoms with E-state index in [0.29, 0.717) is 18.4 Å². The molecule has 2 atom stereocenters. The molecule has 2 nitrogen and oxygen atoms in total. The van der Waals surface area contributed by atoms with Gasteiger partial charge in [-0.3, -0.25) is 4.79 Å². The highest BCUT2D eigenvalue weighted by atomic mass is 16.5. The summed E-state index contributed by atoms with van der Waals surface area (Å²) in [5.41, 5.74) is 0. The second-order valence-corrected chi connectivity index (χ2v) is 3.38. The van der Waals surface area contributed by atoms with Crippen molar-refractivity contribution in [3.63, 3.8) is 0 Å². The van der Waals surface area contributed by atoms with Gasteiger partial charge in [0, 0.05) is 5.92 Å². The lowest BCUT2D eigenvalue weighted by molar-refractivity contribution is -0.142. The Morgan fingerprint density at radius 1 is 1.60 bits per heavy atom. The highest BCUT2D eigenvalue weighted by molar-refractivity contribution is 5.74. The molecule has 1 saturated heterocycles. The van der Waals surface area contributed by atoms with E-state index in [0.717, 1.165) is 0 Å². The summed E-state index contributed by atoms with van der Waals surface area (Å²) in [6.07, 6.45) is 0. The van der Waals surface area contributed by atoms with E-state index in [1.807, 2.05) is 0 Å². The molecule has 1 aliphatic rings. The third-order valence-electron chi connectivity index (χ3n) is 2.09. The third-order valence-corrected chi connectivity index (χ3v) is 2.09. The first kappa shape index (κ1) is 7.58. The van der Waals surface area contributed by atoms with Crippen molar-refractivity contribution in [3.8, 4) is 0 Å². The standard InChI is InChI=1S/C8H14O2/c1-5(2)7-6(3)4-10-8(7)9/h5-7H,4H2,1-3H3. The molecule has 0 bridgehead atoms. The van der Waals surface area contributed by atoms with Crippen molar-refractivity contribution < 1.29 is 9.53 Å². The summed E-state index contributed by atoms with van der Waals surface area (Å²) in [5.74, 6) is 0.958. The highest BCUT2D eigenvalue weighted by Crippen LogP contribution is 2.27. The van der Waals surface area contributed by atoms with E-state index >= 15 is 0 Å². The summed E-state index contributed by atoms with van der Waals surface area (Å²) >= 11 is 0. The van der Waals surface area contributed by atoms with Gasteiger partial charge in [0.05, 0.1) is 12.5 Å². The van der Waals surface area contributed by atoms with E-state index in [2.05, 4.69) is 20.8 Å². The summed E-state index contributed by atoms with van der Waals surface area (Å²) in [7, 11) is 0. The van der Waals surface area contributed by atoms with Crippen LogP contribution in [0.1, 0.15) is 20.8 Å². The number of cyclic esters (lactones) is 1. The second-order valence-electron chi connectivity index (χ2n) is 3.38. The lowest BCUT2D eigenvalue weighted by Crippen LogP contribution is -2.19. The molecule has 0 radical (unpaired) electrons. The number of hydrogen-bond donors (Lipinski definition) is 0. The minimum absolute atomic E-state index is 0.0116. The molecule has 0 aromatic rings. The van der Waals surface area contributed by atoms with Crippen LogP contribution in [-0.2, 0) is 9.53 Å². The van der Waals surface area contributed by atoms with Crippen molar-refractivity contribution in [2.45, 2.75) is 20.8 Å². The molecule has 0 amide bonds. The molecular formula is C8H14O2. The van der Waals surface area contributed by atoms with Gasteiger partial charge in [-0.2, -0.15) is 0 Å². The molecule has 2 heteroatoms. The molecule has 0 aromatic carbocycles. The maximum Gasteiger partial charge on any atom is 0.309 e. The van der Waals surface area contributed by atoms with E-state index < -0.39 is 0 Å². The molecule has 1 aliphatic heterocycles. The van der Waals surface area contributed by atoms with Crippen LogP contribution in [0.15, 0.2) is 0 Å². The van der Waals surface area contributed by atoms with Crippen molar-refractivity contribution in [3.05, 3.63) is 0 Å². The fourth-order valence-electron chi connectivity index (χ4n) is 1.58. The average molecular weight is 142 g/mol. The van der Waals surface area contributed by atoms with Crippen LogP contribution in [0, 0.1) is 17.8 Å². The Balaban J connectivity index is 2.63. The first-order chi connectivity index (χ1) is 4.63. The van der Waals surface area contributed by atoms with Crippen molar-refractivity contribution >= 4 is 5.97 Å². The first-order valence-corrected chi connectivity index (χ1v) is 3.79. The third kappa shape index (κ3) is 1.15. The normalized spacial score (nSPS) is 33.0. The number of esters is 1. The van der Waals surface area contributed by atoms with E-state index in [4.69, 9.17) is 4.74 Å². The van der Waals surface area contributed by atoms with Crippen molar-refractivity contribution in [1.82, 2.24) is 0 Å². The van der Waals surface area contributed by atoms with Gasteiger partial charge in [0.25, 0.3) is 0 Å². The topological polar surface area (TPSA) is 26.3 Å². The summed E-state index contributed by atoms with van der Waals surface area (Å²) in [5, 5.41) is 0. The molecule has 1 fully saturated rings. The predicted molar refractivity (Wildman–Crippen MR) is 38.5 cm³/mol. The zero-order valence-corrected chi connectivity index (χ0v) is 6.76. The van der Waals surface area contributed by atoms with Gasteiger partial charge in [-0.25, -0.2) is 0 Å². The molecule has 1 heterocycles. The number of carbonyl (C=O) groups is 1. The van der Waals surface area contributed by atoms with Crippen LogP contribution < -0.4 is 0 Å². The summed E-state index contributed by atoms with van der Waals surface area (Å²) in [6.45, 7) is 6.80. The zero-order valence-electron chi connectivity index (χ0n) is 6.76. The largest absolute Gasteiger partial charge is 0.465 e. The Labute approximate surface area is 61.6 Å². The first-order valence-electron chi connectivity index (χ1n) is 3.79. The van der Waals surface area contributed by atoms with E-state index in [-0.39, 0.29) is 11.9 Å². The second kappa shape index (κ2) is 2.60. The molecule has 1 rings (SSSR count). The van der Waals surface area contributed by atoms with Gasteiger partial charge in [-0.05, 0) is 5.92 Å². The van der Waals surface area contributed by atoms with Crippen LogP contribution in [0.4, 0.5) is 0 Å². The van der Waals surface area contributed by atoms with Gasteiger partial charge >= 0.3 is 5.97 Å². The molecule has 2 unspecified atom stereocenters. The summed E-state index contributed by atoms with van der Waals surface area (Å²) in [4.78, 5) is 11.0. The van der Waals surface area contributed by atoms with Crippen LogP contribution in [0.3, 0.4) is 0 Å². The predicted octanol–water partition coefficient (Wildman–Crippen LogP) is 1.45. The lowest BCUT2D eigenvalue weighted by Gasteiger charge is -2.13. The van der Waals surface area contributed by atoms with Crippen molar-refractivity contribution in [2.75, 3.05) is 6.61 Å². The zero-order chi connectivity index (χ0) is 7.72. The Bertz CT molecular complexity index is 140. The SMILES string of the molecule is CC(C)C1C(=O)OCC1C. The van der Waals surface area contributed by atoms with E-state index in [9.17, 15) is 4.79 Å². The monoisotopic (exact) mass is 142 g/mol. The number of ether oxygens (including phenoxy) is 1. The van der Waals surface area contributed by atoms with Gasteiger partial charge in [-0.15, -0.1) is 0 Å². The maximum atomic E-state index is 11.0. The number of rotatable bonds is 1. The van der Waals surface area contributed by atoms with E-state index in [1.54, 1.807) is 0 Å². The van der Waals surface area contributed by atoms with Crippen molar-refractivity contribution in [1.29, 1.82) is 0 Å². The Hall–Kier alpha value is -0.530. The molecule has 0 N–H and O–H groups in total. The molecule has 10 heavy (non-hydrogen) atoms. The van der Waals surface area contributed by atoms with Gasteiger partial charge in [-0.1, -0.05) is 20.8 Å². The Morgan fingerprint density at radius 2 is 2.20 bits per heavy atom. The van der Waals surface area contributed by atoms with Crippen LogP contribution >= 0.6 is 0 Å². The average Bonchev–Trinajstić information content (AvgIpc) is 2.11. The van der Waals surface area contributed by atoms with Gasteiger partial charge in [0.1, 0.15) is 0 Å². The van der Waals surface area contributed by atoms with Gasteiger partial charge in [0.15, 0.2) is 0 Å². The lowest BCUT2D eigenvalue weighted by atomic mass is 9.87. The van der Waals surface area contributed by atoms with Crippen LogP contribution in [-0.4, -0.2) is 12.6 Å². The van der Waals surface area contributed by atoms with Crippen molar-refractivity contribution in [2.24, 2.45) is 17.8 Å². The van der Waals surface area contributed by atoms with Crippen LogP contribution in [0.5, 0.6) is 0 Å². The van der Waals surface area contributed by atoms with Crippen LogP contribution in [0.2, 0.25) is 0 Å². The summed E-state index contributed by atoms with van der Waals surface area (Å²) < 4.78 is 4.90. The fraction of sp³-hybridized carbons (Fsp3) is 0.875. The van der Waals surface area contributed by atoms with Gasteiger partial charge < -0.3 is 4.74 Å². The fourth-order valence-corrected chi connectivity index (χ4v) is 1.58. The summed E-state index contributed by atoms with van der Waals surface area (Å²) in [6, 6.07) is 0. The molecule has 0 spiro atoms. The van der Waals surface area contributed by atoms with E-state index in [1.165, 1.54) is 0 Å². The maximum absolute atomic E-state index is 11.0. The molecular weight excluding hydrogens is 128 g/mol. The molecule has 58 valence electrons. The van der Waals surface area contributed by atoms with Gasteiger partial charge in [0.2, 0.25) is 0 Å². The Kier molecular flexibility index (Phi) is 1.97. The van der Waals surface area contributed by atoms with Crippen LogP contribution in [0.25, 0.3) is 0 Å². The smallest absolute Gasteiger partial charge is 0.309 e. The Morgan fingerprint density at radius 3 is 2.40 bits per heavy atom. The number of carbonyl (C=O) groups excluding carboxylic acids is 1. The number of hydrogen-bond acceptors (Lipinski definition) is 2. The molecule has 0 aliphatic carbocycles. The highest BCUT2D eigenvalue weighted by Gasteiger charge is 2.35.